The molecule has 1 aliphatic rings. The lowest BCUT2D eigenvalue weighted by atomic mass is 9.70. The first kappa shape index (κ1) is 14.3. The Hall–Kier alpha value is -1.67. The van der Waals surface area contributed by atoms with Gasteiger partial charge in [0, 0.05) is 11.5 Å². The number of benzene rings is 2. The molecule has 1 nitrogen and oxygen atoms in total. The molecule has 2 heteroatoms. The SMILES string of the molecule is Cc1cc(F)cc(C(N)C2(c3ccccc3)CCCC2)c1. The molecule has 2 aromatic rings. The smallest absolute Gasteiger partial charge is 0.123 e. The molecular weight excluding hydrogens is 261 g/mol. The fourth-order valence-electron chi connectivity index (χ4n) is 3.82. The second kappa shape index (κ2) is 5.61. The normalized spacial score (nSPS) is 18.6. The Balaban J connectivity index is 2.05. The Bertz CT molecular complexity index is 594. The Morgan fingerprint density at radius 1 is 1.05 bits per heavy atom. The van der Waals surface area contributed by atoms with Gasteiger partial charge >= 0.3 is 0 Å². The number of rotatable bonds is 3. The first-order valence-electron chi connectivity index (χ1n) is 7.70. The molecular formula is C19H22FN. The van der Waals surface area contributed by atoms with Crippen LogP contribution in [0.5, 0.6) is 0 Å². The highest BCUT2D eigenvalue weighted by Gasteiger charge is 2.41. The third-order valence-electron chi connectivity index (χ3n) is 4.86. The Labute approximate surface area is 126 Å². The maximum absolute atomic E-state index is 13.7. The van der Waals surface area contributed by atoms with Crippen LogP contribution in [0.4, 0.5) is 4.39 Å². The largest absolute Gasteiger partial charge is 0.323 e. The minimum Gasteiger partial charge on any atom is -0.323 e. The van der Waals surface area contributed by atoms with Gasteiger partial charge < -0.3 is 5.73 Å². The summed E-state index contributed by atoms with van der Waals surface area (Å²) in [7, 11) is 0. The molecule has 1 fully saturated rings. The first-order valence-corrected chi connectivity index (χ1v) is 7.70. The summed E-state index contributed by atoms with van der Waals surface area (Å²) in [5.74, 6) is -0.193. The molecule has 1 saturated carbocycles. The van der Waals surface area contributed by atoms with Crippen molar-refractivity contribution in [1.82, 2.24) is 0 Å². The van der Waals surface area contributed by atoms with Gasteiger partial charge in [-0.2, -0.15) is 0 Å². The van der Waals surface area contributed by atoms with Crippen LogP contribution in [-0.2, 0) is 5.41 Å². The summed E-state index contributed by atoms with van der Waals surface area (Å²) in [5.41, 5.74) is 9.72. The molecule has 1 aliphatic carbocycles. The summed E-state index contributed by atoms with van der Waals surface area (Å²) in [6.07, 6.45) is 4.54. The van der Waals surface area contributed by atoms with E-state index in [9.17, 15) is 4.39 Å². The molecule has 0 heterocycles. The molecule has 2 N–H and O–H groups in total. The lowest BCUT2D eigenvalue weighted by Crippen LogP contribution is -2.36. The van der Waals surface area contributed by atoms with E-state index < -0.39 is 0 Å². The highest BCUT2D eigenvalue weighted by Crippen LogP contribution is 2.48. The van der Waals surface area contributed by atoms with E-state index in [2.05, 4.69) is 24.3 Å². The van der Waals surface area contributed by atoms with Crippen LogP contribution in [0.25, 0.3) is 0 Å². The zero-order valence-corrected chi connectivity index (χ0v) is 12.5. The highest BCUT2D eigenvalue weighted by molar-refractivity contribution is 5.36. The molecule has 0 radical (unpaired) electrons. The Morgan fingerprint density at radius 2 is 1.71 bits per heavy atom. The predicted octanol–water partition coefficient (Wildman–Crippen LogP) is 4.65. The Kier molecular flexibility index (Phi) is 3.81. The predicted molar refractivity (Wildman–Crippen MR) is 84.7 cm³/mol. The van der Waals surface area contributed by atoms with Crippen LogP contribution in [0.2, 0.25) is 0 Å². The Morgan fingerprint density at radius 3 is 2.33 bits per heavy atom. The molecule has 2 aromatic carbocycles. The van der Waals surface area contributed by atoms with E-state index in [1.807, 2.05) is 19.1 Å². The molecule has 0 aromatic heterocycles. The van der Waals surface area contributed by atoms with E-state index in [0.717, 1.165) is 24.0 Å². The van der Waals surface area contributed by atoms with Crippen LogP contribution in [0.15, 0.2) is 48.5 Å². The van der Waals surface area contributed by atoms with Gasteiger partial charge in [-0.25, -0.2) is 4.39 Å². The van der Waals surface area contributed by atoms with Crippen LogP contribution in [0.1, 0.15) is 48.4 Å². The summed E-state index contributed by atoms with van der Waals surface area (Å²) < 4.78 is 13.7. The van der Waals surface area contributed by atoms with Crippen LogP contribution in [0.3, 0.4) is 0 Å². The van der Waals surface area contributed by atoms with Gasteiger partial charge in [-0.15, -0.1) is 0 Å². The molecule has 1 unspecified atom stereocenters. The van der Waals surface area contributed by atoms with Gasteiger partial charge in [0.1, 0.15) is 5.82 Å². The third kappa shape index (κ3) is 2.60. The van der Waals surface area contributed by atoms with Gasteiger partial charge in [0.25, 0.3) is 0 Å². The first-order chi connectivity index (χ1) is 10.1. The van der Waals surface area contributed by atoms with Crippen molar-refractivity contribution < 1.29 is 4.39 Å². The van der Waals surface area contributed by atoms with E-state index in [4.69, 9.17) is 5.73 Å². The topological polar surface area (TPSA) is 26.0 Å². The van der Waals surface area contributed by atoms with Crippen molar-refractivity contribution >= 4 is 0 Å². The third-order valence-corrected chi connectivity index (χ3v) is 4.86. The van der Waals surface area contributed by atoms with E-state index in [1.165, 1.54) is 18.4 Å². The number of hydrogen-bond donors (Lipinski definition) is 1. The molecule has 0 bridgehead atoms. The van der Waals surface area contributed by atoms with Crippen molar-refractivity contribution in [1.29, 1.82) is 0 Å². The summed E-state index contributed by atoms with van der Waals surface area (Å²) in [6.45, 7) is 1.92. The van der Waals surface area contributed by atoms with Crippen molar-refractivity contribution in [2.75, 3.05) is 0 Å². The molecule has 21 heavy (non-hydrogen) atoms. The molecule has 110 valence electrons. The highest BCUT2D eigenvalue weighted by atomic mass is 19.1. The standard InChI is InChI=1S/C19H22FN/c1-14-11-15(13-17(20)12-14)18(21)19(9-5-6-10-19)16-7-3-2-4-8-16/h2-4,7-8,11-13,18H,5-6,9-10,21H2,1H3. The second-order valence-electron chi connectivity index (χ2n) is 6.27. The van der Waals surface area contributed by atoms with Crippen LogP contribution < -0.4 is 5.73 Å². The number of nitrogens with two attached hydrogens (primary N) is 1. The molecule has 3 rings (SSSR count). The van der Waals surface area contributed by atoms with Gasteiger partial charge in [0.15, 0.2) is 0 Å². The maximum atomic E-state index is 13.7. The monoisotopic (exact) mass is 283 g/mol. The lowest BCUT2D eigenvalue weighted by Gasteiger charge is -2.36. The van der Waals surface area contributed by atoms with Crippen LogP contribution in [0, 0.1) is 12.7 Å². The van der Waals surface area contributed by atoms with Crippen molar-refractivity contribution in [3.8, 4) is 0 Å². The number of hydrogen-bond acceptors (Lipinski definition) is 1. The van der Waals surface area contributed by atoms with E-state index >= 15 is 0 Å². The summed E-state index contributed by atoms with van der Waals surface area (Å²) in [5, 5.41) is 0. The average molecular weight is 283 g/mol. The number of halogens is 1. The quantitative estimate of drug-likeness (QED) is 0.872. The van der Waals surface area contributed by atoms with Crippen LogP contribution >= 0.6 is 0 Å². The minimum atomic E-state index is -0.193. The minimum absolute atomic E-state index is 0.0541. The fraction of sp³-hybridized carbons (Fsp3) is 0.368. The van der Waals surface area contributed by atoms with Crippen molar-refractivity contribution in [3.63, 3.8) is 0 Å². The van der Waals surface area contributed by atoms with Crippen LogP contribution in [-0.4, -0.2) is 0 Å². The van der Waals surface area contributed by atoms with Gasteiger partial charge in [-0.3, -0.25) is 0 Å². The summed E-state index contributed by atoms with van der Waals surface area (Å²) in [4.78, 5) is 0. The van der Waals surface area contributed by atoms with Crippen molar-refractivity contribution in [2.24, 2.45) is 5.73 Å². The summed E-state index contributed by atoms with van der Waals surface area (Å²) in [6, 6.07) is 15.5. The van der Waals surface area contributed by atoms with Gasteiger partial charge in [-0.05, 0) is 48.6 Å². The molecule has 1 atom stereocenters. The van der Waals surface area contributed by atoms with Crippen molar-refractivity contribution in [3.05, 3.63) is 71.0 Å². The lowest BCUT2D eigenvalue weighted by molar-refractivity contribution is 0.355. The molecule has 0 amide bonds. The van der Waals surface area contributed by atoms with E-state index in [-0.39, 0.29) is 17.3 Å². The zero-order chi connectivity index (χ0) is 14.9. The average Bonchev–Trinajstić information content (AvgIpc) is 2.97. The van der Waals surface area contributed by atoms with Gasteiger partial charge in [0.05, 0.1) is 0 Å². The molecule has 0 aliphatic heterocycles. The number of aryl methyl sites for hydroxylation is 1. The van der Waals surface area contributed by atoms with Crippen molar-refractivity contribution in [2.45, 2.75) is 44.1 Å². The van der Waals surface area contributed by atoms with Gasteiger partial charge in [-0.1, -0.05) is 49.2 Å². The molecule has 0 saturated heterocycles. The van der Waals surface area contributed by atoms with E-state index in [1.54, 1.807) is 12.1 Å². The summed E-state index contributed by atoms with van der Waals surface area (Å²) >= 11 is 0. The van der Waals surface area contributed by atoms with E-state index in [0.29, 0.717) is 0 Å². The second-order valence-corrected chi connectivity index (χ2v) is 6.27. The fourth-order valence-corrected chi connectivity index (χ4v) is 3.82. The van der Waals surface area contributed by atoms with Gasteiger partial charge in [0.2, 0.25) is 0 Å². The maximum Gasteiger partial charge on any atom is 0.123 e. The zero-order valence-electron chi connectivity index (χ0n) is 12.5. The molecule has 0 spiro atoms.